The zero-order chi connectivity index (χ0) is 14.9. The maximum Gasteiger partial charge on any atom is -0.00353 e. The van der Waals surface area contributed by atoms with Crippen molar-refractivity contribution >= 4 is 10.8 Å². The van der Waals surface area contributed by atoms with E-state index in [0.29, 0.717) is 0 Å². The van der Waals surface area contributed by atoms with Crippen LogP contribution >= 0.6 is 0 Å². The zero-order valence-electron chi connectivity index (χ0n) is 13.9. The molecule has 2 aromatic rings. The molecule has 20 heavy (non-hydrogen) atoms. The van der Waals surface area contributed by atoms with Crippen LogP contribution in [-0.4, -0.2) is 0 Å². The van der Waals surface area contributed by atoms with Crippen LogP contribution in [0.5, 0.6) is 0 Å². The SMILES string of the molecule is Cc1ccc2cccc3c2c1C(C)(C)C(C)(C)C3(C)C. The number of hydrogen-bond donors (Lipinski definition) is 0. The molecule has 0 saturated heterocycles. The molecule has 106 valence electrons. The van der Waals surface area contributed by atoms with Crippen molar-refractivity contribution in [1.82, 2.24) is 0 Å². The van der Waals surface area contributed by atoms with Crippen molar-refractivity contribution in [2.75, 3.05) is 0 Å². The van der Waals surface area contributed by atoms with Crippen LogP contribution in [0.4, 0.5) is 0 Å². The normalized spacial score (nSPS) is 21.9. The van der Waals surface area contributed by atoms with E-state index in [1.807, 2.05) is 0 Å². The second-order valence-electron chi connectivity index (χ2n) is 8.04. The highest BCUT2D eigenvalue weighted by atomic mass is 14.6. The van der Waals surface area contributed by atoms with Crippen LogP contribution in [0.2, 0.25) is 0 Å². The van der Waals surface area contributed by atoms with E-state index in [-0.39, 0.29) is 16.2 Å². The molecule has 0 atom stereocenters. The highest BCUT2D eigenvalue weighted by Crippen LogP contribution is 2.60. The molecular formula is C20H26. The molecule has 0 bridgehead atoms. The fraction of sp³-hybridized carbons (Fsp3) is 0.500. The maximum atomic E-state index is 2.43. The maximum absolute atomic E-state index is 2.43. The Labute approximate surface area is 123 Å². The van der Waals surface area contributed by atoms with Crippen molar-refractivity contribution in [3.05, 3.63) is 47.0 Å². The molecule has 0 aliphatic heterocycles. The summed E-state index contributed by atoms with van der Waals surface area (Å²) in [5.41, 5.74) is 5.02. The minimum absolute atomic E-state index is 0.161. The van der Waals surface area contributed by atoms with Crippen molar-refractivity contribution in [2.45, 2.75) is 59.3 Å². The standard InChI is InChI=1S/C20H26/c1-13-11-12-14-9-8-10-15-16(14)17(13)19(4,5)20(6,7)18(15,2)3/h8-12H,1-7H3. The topological polar surface area (TPSA) is 0 Å². The largest absolute Gasteiger partial charge is 0.0613 e. The predicted octanol–water partition coefficient (Wildman–Crippen LogP) is 5.74. The molecule has 0 radical (unpaired) electrons. The summed E-state index contributed by atoms with van der Waals surface area (Å²) in [6.07, 6.45) is 0. The minimum atomic E-state index is 0.161. The highest BCUT2D eigenvalue weighted by Gasteiger charge is 2.54. The second-order valence-corrected chi connectivity index (χ2v) is 8.04. The van der Waals surface area contributed by atoms with Crippen LogP contribution in [0.15, 0.2) is 30.3 Å². The van der Waals surface area contributed by atoms with Gasteiger partial charge in [-0.1, -0.05) is 71.9 Å². The molecule has 0 fully saturated rings. The van der Waals surface area contributed by atoms with Gasteiger partial charge < -0.3 is 0 Å². The summed E-state index contributed by atoms with van der Waals surface area (Å²) < 4.78 is 0. The van der Waals surface area contributed by atoms with E-state index >= 15 is 0 Å². The van der Waals surface area contributed by atoms with Gasteiger partial charge in [-0.05, 0) is 50.6 Å². The lowest BCUT2D eigenvalue weighted by molar-refractivity contribution is 0.0865. The molecule has 1 aliphatic rings. The van der Waals surface area contributed by atoms with Gasteiger partial charge in [-0.3, -0.25) is 0 Å². The molecule has 0 nitrogen and oxygen atoms in total. The third-order valence-corrected chi connectivity index (χ3v) is 6.68. The first-order chi connectivity index (χ1) is 9.12. The first-order valence-corrected chi connectivity index (χ1v) is 7.65. The first kappa shape index (κ1) is 13.7. The average molecular weight is 266 g/mol. The summed E-state index contributed by atoms with van der Waals surface area (Å²) in [5, 5.41) is 2.89. The van der Waals surface area contributed by atoms with Crippen LogP contribution < -0.4 is 0 Å². The van der Waals surface area contributed by atoms with E-state index in [9.17, 15) is 0 Å². The zero-order valence-corrected chi connectivity index (χ0v) is 13.9. The molecule has 0 aromatic heterocycles. The Morgan fingerprint density at radius 3 is 2.05 bits per heavy atom. The molecule has 0 heteroatoms. The molecule has 0 N–H and O–H groups in total. The van der Waals surface area contributed by atoms with Gasteiger partial charge in [-0.25, -0.2) is 0 Å². The Morgan fingerprint density at radius 2 is 1.40 bits per heavy atom. The van der Waals surface area contributed by atoms with Crippen molar-refractivity contribution in [2.24, 2.45) is 5.41 Å². The van der Waals surface area contributed by atoms with Gasteiger partial charge in [0, 0.05) is 0 Å². The van der Waals surface area contributed by atoms with Gasteiger partial charge in [0.2, 0.25) is 0 Å². The Balaban J connectivity index is 2.60. The predicted molar refractivity (Wildman–Crippen MR) is 88.5 cm³/mol. The third kappa shape index (κ3) is 1.33. The molecule has 2 aromatic carbocycles. The van der Waals surface area contributed by atoms with E-state index in [2.05, 4.69) is 78.8 Å². The lowest BCUT2D eigenvalue weighted by atomic mass is 9.46. The lowest BCUT2D eigenvalue weighted by Crippen LogP contribution is -2.52. The van der Waals surface area contributed by atoms with Crippen LogP contribution in [-0.2, 0) is 10.8 Å². The molecule has 0 spiro atoms. The number of benzene rings is 2. The second kappa shape index (κ2) is 3.67. The summed E-state index contributed by atoms with van der Waals surface area (Å²) in [5.74, 6) is 0. The van der Waals surface area contributed by atoms with Gasteiger partial charge in [-0.15, -0.1) is 0 Å². The Bertz CT molecular complexity index is 699. The number of aryl methyl sites for hydroxylation is 1. The summed E-state index contributed by atoms with van der Waals surface area (Å²) in [7, 11) is 0. The summed E-state index contributed by atoms with van der Waals surface area (Å²) in [6, 6.07) is 11.4. The van der Waals surface area contributed by atoms with Gasteiger partial charge >= 0.3 is 0 Å². The summed E-state index contributed by atoms with van der Waals surface area (Å²) in [4.78, 5) is 0. The molecule has 0 saturated carbocycles. The van der Waals surface area contributed by atoms with Crippen molar-refractivity contribution in [3.63, 3.8) is 0 Å². The molecule has 0 unspecified atom stereocenters. The van der Waals surface area contributed by atoms with Crippen molar-refractivity contribution in [3.8, 4) is 0 Å². The average Bonchev–Trinajstić information content (AvgIpc) is 2.35. The lowest BCUT2D eigenvalue weighted by Gasteiger charge is -2.57. The molecule has 1 aliphatic carbocycles. The van der Waals surface area contributed by atoms with E-state index < -0.39 is 0 Å². The van der Waals surface area contributed by atoms with Crippen molar-refractivity contribution < 1.29 is 0 Å². The Kier molecular flexibility index (Phi) is 2.51. The van der Waals surface area contributed by atoms with Gasteiger partial charge in [0.15, 0.2) is 0 Å². The minimum Gasteiger partial charge on any atom is -0.0613 e. The molecule has 0 heterocycles. The summed E-state index contributed by atoms with van der Waals surface area (Å²) >= 11 is 0. The fourth-order valence-corrected chi connectivity index (χ4v) is 4.24. The van der Waals surface area contributed by atoms with Crippen LogP contribution in [0.1, 0.15) is 58.2 Å². The molecule has 3 rings (SSSR count). The van der Waals surface area contributed by atoms with E-state index in [1.165, 1.54) is 21.9 Å². The first-order valence-electron chi connectivity index (χ1n) is 7.65. The number of hydrogen-bond acceptors (Lipinski definition) is 0. The third-order valence-electron chi connectivity index (χ3n) is 6.68. The van der Waals surface area contributed by atoms with Gasteiger partial charge in [0.25, 0.3) is 0 Å². The van der Waals surface area contributed by atoms with Crippen LogP contribution in [0, 0.1) is 12.3 Å². The molecule has 0 amide bonds. The monoisotopic (exact) mass is 266 g/mol. The molecular weight excluding hydrogens is 240 g/mol. The highest BCUT2D eigenvalue weighted by molar-refractivity contribution is 5.93. The van der Waals surface area contributed by atoms with E-state index in [1.54, 1.807) is 5.56 Å². The Hall–Kier alpha value is -1.30. The quantitative estimate of drug-likeness (QED) is 0.570. The van der Waals surface area contributed by atoms with E-state index in [0.717, 1.165) is 0 Å². The van der Waals surface area contributed by atoms with Gasteiger partial charge in [0.1, 0.15) is 0 Å². The fourth-order valence-electron chi connectivity index (χ4n) is 4.24. The van der Waals surface area contributed by atoms with Gasteiger partial charge in [0.05, 0.1) is 0 Å². The van der Waals surface area contributed by atoms with E-state index in [4.69, 9.17) is 0 Å². The summed E-state index contributed by atoms with van der Waals surface area (Å²) in [6.45, 7) is 16.8. The number of rotatable bonds is 0. The Morgan fingerprint density at radius 1 is 0.750 bits per heavy atom. The van der Waals surface area contributed by atoms with Crippen molar-refractivity contribution in [1.29, 1.82) is 0 Å². The van der Waals surface area contributed by atoms with Crippen LogP contribution in [0.3, 0.4) is 0 Å². The van der Waals surface area contributed by atoms with Crippen LogP contribution in [0.25, 0.3) is 10.8 Å². The smallest absolute Gasteiger partial charge is 0.00353 e. The van der Waals surface area contributed by atoms with Gasteiger partial charge in [-0.2, -0.15) is 0 Å².